The van der Waals surface area contributed by atoms with Crippen molar-refractivity contribution in [2.24, 2.45) is 5.92 Å². The minimum absolute atomic E-state index is 0.0553. The molecule has 2 aromatic carbocycles. The van der Waals surface area contributed by atoms with E-state index in [2.05, 4.69) is 35.6 Å². The predicted molar refractivity (Wildman–Crippen MR) is 102 cm³/mol. The fourth-order valence-corrected chi connectivity index (χ4v) is 3.50. The van der Waals surface area contributed by atoms with Crippen molar-refractivity contribution in [3.63, 3.8) is 0 Å². The van der Waals surface area contributed by atoms with E-state index in [1.165, 1.54) is 0 Å². The summed E-state index contributed by atoms with van der Waals surface area (Å²) in [6.07, 6.45) is 0.678. The minimum Gasteiger partial charge on any atom is -0.492 e. The molecule has 1 aliphatic rings. The molecule has 26 heavy (non-hydrogen) atoms. The number of ether oxygens (including phenoxy) is 1. The second-order valence-electron chi connectivity index (χ2n) is 7.74. The number of benzene rings is 2. The summed E-state index contributed by atoms with van der Waals surface area (Å²) in [5, 5.41) is 3.04. The van der Waals surface area contributed by atoms with E-state index in [-0.39, 0.29) is 17.4 Å². The van der Waals surface area contributed by atoms with Gasteiger partial charge in [-0.05, 0) is 51.0 Å². The van der Waals surface area contributed by atoms with E-state index in [0.29, 0.717) is 19.0 Å². The molecular formula is C21H23N3O2. The van der Waals surface area contributed by atoms with Gasteiger partial charge in [0.2, 0.25) is 11.9 Å². The van der Waals surface area contributed by atoms with Crippen LogP contribution in [0.5, 0.6) is 5.75 Å². The summed E-state index contributed by atoms with van der Waals surface area (Å²) in [6, 6.07) is 15.8. The third-order valence-corrected chi connectivity index (χ3v) is 4.72. The molecular weight excluding hydrogens is 326 g/mol. The van der Waals surface area contributed by atoms with Crippen molar-refractivity contribution in [1.82, 2.24) is 9.55 Å². The number of fused-ring (bicyclic) bond motifs is 2. The molecule has 1 atom stereocenters. The van der Waals surface area contributed by atoms with Gasteiger partial charge in [-0.3, -0.25) is 10.1 Å². The molecule has 0 bridgehead atoms. The summed E-state index contributed by atoms with van der Waals surface area (Å²) in [7, 11) is 0. The van der Waals surface area contributed by atoms with E-state index in [4.69, 9.17) is 4.74 Å². The molecule has 2 heterocycles. The second kappa shape index (κ2) is 6.16. The molecule has 3 aromatic rings. The monoisotopic (exact) mass is 349 g/mol. The van der Waals surface area contributed by atoms with Gasteiger partial charge in [0, 0.05) is 5.54 Å². The van der Waals surface area contributed by atoms with Crippen LogP contribution in [0.1, 0.15) is 26.3 Å². The number of imidazole rings is 1. The van der Waals surface area contributed by atoms with Gasteiger partial charge < -0.3 is 9.30 Å². The van der Waals surface area contributed by atoms with E-state index in [0.717, 1.165) is 22.3 Å². The number of carbonyl (C=O) groups is 1. The number of nitrogens with one attached hydrogen (secondary N) is 1. The Balaban J connectivity index is 1.63. The third-order valence-electron chi connectivity index (χ3n) is 4.72. The Morgan fingerprint density at radius 2 is 1.88 bits per heavy atom. The molecule has 1 aliphatic heterocycles. The van der Waals surface area contributed by atoms with Crippen LogP contribution in [0, 0.1) is 5.92 Å². The molecule has 1 aromatic heterocycles. The van der Waals surface area contributed by atoms with Crippen molar-refractivity contribution in [1.29, 1.82) is 0 Å². The van der Waals surface area contributed by atoms with Crippen molar-refractivity contribution in [2.45, 2.75) is 32.7 Å². The Kier molecular flexibility index (Phi) is 3.94. The molecule has 0 aliphatic carbocycles. The van der Waals surface area contributed by atoms with Gasteiger partial charge in [0.05, 0.1) is 17.0 Å². The summed E-state index contributed by atoms with van der Waals surface area (Å²) in [4.78, 5) is 17.5. The topological polar surface area (TPSA) is 56.2 Å². The number of hydrogen-bond acceptors (Lipinski definition) is 3. The second-order valence-corrected chi connectivity index (χ2v) is 7.74. The fourth-order valence-electron chi connectivity index (χ4n) is 3.50. The fraction of sp³-hybridized carbons (Fsp3) is 0.333. The number of amides is 1. The van der Waals surface area contributed by atoms with Crippen LogP contribution >= 0.6 is 0 Å². The molecule has 0 saturated carbocycles. The predicted octanol–water partition coefficient (Wildman–Crippen LogP) is 3.98. The Morgan fingerprint density at radius 1 is 1.15 bits per heavy atom. The highest BCUT2D eigenvalue weighted by Gasteiger charge is 2.28. The quantitative estimate of drug-likeness (QED) is 0.761. The van der Waals surface area contributed by atoms with Gasteiger partial charge in [0.1, 0.15) is 12.4 Å². The van der Waals surface area contributed by atoms with E-state index in [9.17, 15) is 4.79 Å². The van der Waals surface area contributed by atoms with Gasteiger partial charge in [-0.25, -0.2) is 4.98 Å². The van der Waals surface area contributed by atoms with Crippen LogP contribution < -0.4 is 10.1 Å². The molecule has 5 heteroatoms. The first-order chi connectivity index (χ1) is 12.4. The zero-order valence-electron chi connectivity index (χ0n) is 15.3. The highest BCUT2D eigenvalue weighted by atomic mass is 16.5. The number of anilines is 1. The summed E-state index contributed by atoms with van der Waals surface area (Å²) in [5.74, 6) is 1.18. The van der Waals surface area contributed by atoms with E-state index < -0.39 is 0 Å². The van der Waals surface area contributed by atoms with Crippen molar-refractivity contribution >= 4 is 22.9 Å². The maximum atomic E-state index is 12.9. The van der Waals surface area contributed by atoms with Gasteiger partial charge in [0.25, 0.3) is 0 Å². The zero-order chi connectivity index (χ0) is 18.3. The van der Waals surface area contributed by atoms with Crippen LogP contribution in [0.2, 0.25) is 0 Å². The van der Waals surface area contributed by atoms with Crippen LogP contribution in [-0.4, -0.2) is 22.1 Å². The zero-order valence-corrected chi connectivity index (χ0v) is 15.3. The molecule has 5 nitrogen and oxygen atoms in total. The number of nitrogens with zero attached hydrogens (tertiary/aromatic N) is 2. The van der Waals surface area contributed by atoms with Crippen molar-refractivity contribution in [3.05, 3.63) is 54.1 Å². The van der Waals surface area contributed by atoms with Gasteiger partial charge in [0.15, 0.2) is 0 Å². The number of carbonyl (C=O) groups excluding carboxylic acids is 1. The first-order valence-electron chi connectivity index (χ1n) is 8.93. The highest BCUT2D eigenvalue weighted by molar-refractivity contribution is 5.93. The van der Waals surface area contributed by atoms with Crippen LogP contribution in [0.15, 0.2) is 48.5 Å². The molecule has 1 N–H and O–H groups in total. The summed E-state index contributed by atoms with van der Waals surface area (Å²) >= 11 is 0. The van der Waals surface area contributed by atoms with Gasteiger partial charge in [-0.15, -0.1) is 0 Å². The SMILES string of the molecule is CC(C)(C)n1c(NC(=O)C2COc3ccccc3C2)nc2ccccc21. The Hall–Kier alpha value is -2.82. The van der Waals surface area contributed by atoms with Crippen LogP contribution in [0.25, 0.3) is 11.0 Å². The molecule has 0 fully saturated rings. The smallest absolute Gasteiger partial charge is 0.233 e. The summed E-state index contributed by atoms with van der Waals surface area (Å²) in [6.45, 7) is 6.71. The maximum absolute atomic E-state index is 12.9. The Morgan fingerprint density at radius 3 is 2.69 bits per heavy atom. The average molecular weight is 349 g/mol. The minimum atomic E-state index is -0.224. The lowest BCUT2D eigenvalue weighted by molar-refractivity contribution is -0.121. The number of para-hydroxylation sites is 3. The molecule has 1 amide bonds. The average Bonchev–Trinajstić information content (AvgIpc) is 2.99. The van der Waals surface area contributed by atoms with Gasteiger partial charge >= 0.3 is 0 Å². The molecule has 4 rings (SSSR count). The largest absolute Gasteiger partial charge is 0.492 e. The van der Waals surface area contributed by atoms with Crippen LogP contribution in [-0.2, 0) is 16.8 Å². The van der Waals surface area contributed by atoms with Crippen LogP contribution in [0.4, 0.5) is 5.95 Å². The first kappa shape index (κ1) is 16.6. The Bertz CT molecular complexity index is 969. The normalized spacial score (nSPS) is 16.8. The maximum Gasteiger partial charge on any atom is 0.233 e. The summed E-state index contributed by atoms with van der Waals surface area (Å²) < 4.78 is 7.84. The van der Waals surface area contributed by atoms with Crippen molar-refractivity contribution in [2.75, 3.05) is 11.9 Å². The lowest BCUT2D eigenvalue weighted by Crippen LogP contribution is -2.34. The van der Waals surface area contributed by atoms with Crippen molar-refractivity contribution < 1.29 is 9.53 Å². The number of rotatable bonds is 2. The Labute approximate surface area is 153 Å². The highest BCUT2D eigenvalue weighted by Crippen LogP contribution is 2.30. The van der Waals surface area contributed by atoms with E-state index in [1.807, 2.05) is 48.5 Å². The lowest BCUT2D eigenvalue weighted by atomic mass is 9.96. The van der Waals surface area contributed by atoms with Gasteiger partial charge in [-0.2, -0.15) is 0 Å². The van der Waals surface area contributed by atoms with E-state index >= 15 is 0 Å². The number of hydrogen-bond donors (Lipinski definition) is 1. The summed E-state index contributed by atoms with van der Waals surface area (Å²) in [5.41, 5.74) is 2.76. The molecule has 0 radical (unpaired) electrons. The van der Waals surface area contributed by atoms with Gasteiger partial charge in [-0.1, -0.05) is 30.3 Å². The third kappa shape index (κ3) is 2.94. The molecule has 1 unspecified atom stereocenters. The standard InChI is InChI=1S/C21H23N3O2/c1-21(2,3)24-17-10-6-5-9-16(17)22-20(24)23-19(25)15-12-14-8-4-7-11-18(14)26-13-15/h4-11,15H,12-13H2,1-3H3,(H,22,23,25). The molecule has 0 saturated heterocycles. The number of aromatic nitrogens is 2. The van der Waals surface area contributed by atoms with E-state index in [1.54, 1.807) is 0 Å². The van der Waals surface area contributed by atoms with Crippen LogP contribution in [0.3, 0.4) is 0 Å². The van der Waals surface area contributed by atoms with Crippen molar-refractivity contribution in [3.8, 4) is 5.75 Å². The molecule has 0 spiro atoms. The molecule has 134 valence electrons. The first-order valence-corrected chi connectivity index (χ1v) is 8.93. The lowest BCUT2D eigenvalue weighted by Gasteiger charge is -2.27.